The molecule has 0 radical (unpaired) electrons. The maximum Gasteiger partial charge on any atom is 0.251 e. The molecule has 1 aromatic heterocycles. The SMILES string of the molecule is Cc1c(N)cccc1-c1ccnc(Nc2ccc(C(=O)NC3CCC(C)CC3)cc2)n1. The van der Waals surface area contributed by atoms with E-state index in [-0.39, 0.29) is 11.9 Å². The highest BCUT2D eigenvalue weighted by atomic mass is 16.1. The first-order valence-electron chi connectivity index (χ1n) is 10.9. The second kappa shape index (κ2) is 9.16. The van der Waals surface area contributed by atoms with E-state index < -0.39 is 0 Å². The third kappa shape index (κ3) is 5.02. The van der Waals surface area contributed by atoms with E-state index in [1.165, 1.54) is 12.8 Å². The fourth-order valence-corrected chi connectivity index (χ4v) is 4.01. The van der Waals surface area contributed by atoms with Gasteiger partial charge in [0.15, 0.2) is 0 Å². The van der Waals surface area contributed by atoms with Crippen LogP contribution >= 0.6 is 0 Å². The lowest BCUT2D eigenvalue weighted by molar-refractivity contribution is 0.0923. The normalized spacial score (nSPS) is 18.4. The van der Waals surface area contributed by atoms with Crippen molar-refractivity contribution in [3.63, 3.8) is 0 Å². The number of rotatable bonds is 5. The Morgan fingerprint density at radius 1 is 1.03 bits per heavy atom. The molecule has 4 N–H and O–H groups in total. The number of nitrogens with two attached hydrogens (primary N) is 1. The Morgan fingerprint density at radius 2 is 1.77 bits per heavy atom. The number of amides is 1. The summed E-state index contributed by atoms with van der Waals surface area (Å²) < 4.78 is 0. The highest BCUT2D eigenvalue weighted by molar-refractivity contribution is 5.94. The van der Waals surface area contributed by atoms with Gasteiger partial charge >= 0.3 is 0 Å². The Kier molecular flexibility index (Phi) is 6.16. The molecule has 1 aliphatic rings. The topological polar surface area (TPSA) is 92.9 Å². The van der Waals surface area contributed by atoms with Crippen molar-refractivity contribution < 1.29 is 4.79 Å². The van der Waals surface area contributed by atoms with Crippen LogP contribution in [0.25, 0.3) is 11.3 Å². The number of benzene rings is 2. The van der Waals surface area contributed by atoms with Crippen LogP contribution in [0.4, 0.5) is 17.3 Å². The molecule has 1 amide bonds. The first kappa shape index (κ1) is 20.8. The minimum absolute atomic E-state index is 0.0125. The number of aromatic nitrogens is 2. The van der Waals surface area contributed by atoms with E-state index in [0.29, 0.717) is 11.5 Å². The molecule has 2 aromatic carbocycles. The molecule has 6 heteroatoms. The molecule has 1 aliphatic carbocycles. The second-order valence-electron chi connectivity index (χ2n) is 8.42. The number of carbonyl (C=O) groups excluding carboxylic acids is 1. The van der Waals surface area contributed by atoms with Crippen molar-refractivity contribution in [2.75, 3.05) is 11.1 Å². The van der Waals surface area contributed by atoms with Crippen molar-refractivity contribution in [2.45, 2.75) is 45.6 Å². The summed E-state index contributed by atoms with van der Waals surface area (Å²) in [6.07, 6.45) is 6.21. The molecule has 0 bridgehead atoms. The average molecular weight is 416 g/mol. The molecule has 160 valence electrons. The predicted molar refractivity (Wildman–Crippen MR) is 125 cm³/mol. The number of nitrogens with zero attached hydrogens (tertiary/aromatic N) is 2. The largest absolute Gasteiger partial charge is 0.398 e. The summed E-state index contributed by atoms with van der Waals surface area (Å²) >= 11 is 0. The first-order valence-corrected chi connectivity index (χ1v) is 10.9. The zero-order valence-electron chi connectivity index (χ0n) is 18.1. The highest BCUT2D eigenvalue weighted by Crippen LogP contribution is 2.27. The number of nitrogens with one attached hydrogen (secondary N) is 2. The number of carbonyl (C=O) groups is 1. The number of hydrogen-bond donors (Lipinski definition) is 3. The van der Waals surface area contributed by atoms with Crippen LogP contribution in [-0.2, 0) is 0 Å². The molecule has 0 unspecified atom stereocenters. The third-order valence-corrected chi connectivity index (χ3v) is 6.06. The first-order chi connectivity index (χ1) is 15.0. The monoisotopic (exact) mass is 415 g/mol. The Morgan fingerprint density at radius 3 is 2.52 bits per heavy atom. The zero-order chi connectivity index (χ0) is 21.8. The minimum atomic E-state index is -0.0125. The van der Waals surface area contributed by atoms with Crippen molar-refractivity contribution in [1.29, 1.82) is 0 Å². The van der Waals surface area contributed by atoms with Gasteiger partial charge in [-0.15, -0.1) is 0 Å². The van der Waals surface area contributed by atoms with Gasteiger partial charge in [-0.25, -0.2) is 9.97 Å². The summed E-state index contributed by atoms with van der Waals surface area (Å²) in [5.41, 5.74) is 11.0. The fraction of sp³-hybridized carbons (Fsp3) is 0.320. The maximum absolute atomic E-state index is 12.6. The van der Waals surface area contributed by atoms with E-state index in [1.54, 1.807) is 6.20 Å². The molecule has 0 atom stereocenters. The molecular weight excluding hydrogens is 386 g/mol. The Bertz CT molecular complexity index is 1060. The van der Waals surface area contributed by atoms with Gasteiger partial charge < -0.3 is 16.4 Å². The van der Waals surface area contributed by atoms with Crippen molar-refractivity contribution in [1.82, 2.24) is 15.3 Å². The summed E-state index contributed by atoms with van der Waals surface area (Å²) in [5, 5.41) is 6.38. The quantitative estimate of drug-likeness (QED) is 0.505. The zero-order valence-corrected chi connectivity index (χ0v) is 18.1. The van der Waals surface area contributed by atoms with E-state index in [4.69, 9.17) is 5.73 Å². The third-order valence-electron chi connectivity index (χ3n) is 6.06. The van der Waals surface area contributed by atoms with E-state index in [2.05, 4.69) is 27.5 Å². The van der Waals surface area contributed by atoms with Crippen LogP contribution in [0.5, 0.6) is 0 Å². The van der Waals surface area contributed by atoms with E-state index in [1.807, 2.05) is 55.5 Å². The standard InChI is InChI=1S/C25H29N5O/c1-16-6-10-19(11-7-16)28-24(31)18-8-12-20(13-9-18)29-25-27-15-14-23(30-25)21-4-3-5-22(26)17(21)2/h3-5,8-9,12-16,19H,6-7,10-11,26H2,1-2H3,(H,28,31)(H,27,29,30). The molecule has 31 heavy (non-hydrogen) atoms. The van der Waals surface area contributed by atoms with E-state index in [0.717, 1.165) is 47.0 Å². The molecule has 3 aromatic rings. The lowest BCUT2D eigenvalue weighted by Gasteiger charge is -2.26. The summed E-state index contributed by atoms with van der Waals surface area (Å²) in [6.45, 7) is 4.26. The fourth-order valence-electron chi connectivity index (χ4n) is 4.01. The van der Waals surface area contributed by atoms with Crippen LogP contribution in [0, 0.1) is 12.8 Å². The molecule has 1 heterocycles. The molecule has 0 saturated heterocycles. The highest BCUT2D eigenvalue weighted by Gasteiger charge is 2.20. The van der Waals surface area contributed by atoms with Gasteiger partial charge in [0, 0.05) is 34.7 Å². The number of hydrogen-bond acceptors (Lipinski definition) is 5. The van der Waals surface area contributed by atoms with Crippen molar-refractivity contribution in [3.8, 4) is 11.3 Å². The van der Waals surface area contributed by atoms with Crippen LogP contribution in [0.15, 0.2) is 54.7 Å². The van der Waals surface area contributed by atoms with Gasteiger partial charge in [-0.1, -0.05) is 19.1 Å². The molecule has 1 fully saturated rings. The molecule has 6 nitrogen and oxygen atoms in total. The summed E-state index contributed by atoms with van der Waals surface area (Å²) in [5.74, 6) is 1.25. The van der Waals surface area contributed by atoms with Crippen LogP contribution in [0.1, 0.15) is 48.5 Å². The lowest BCUT2D eigenvalue weighted by Crippen LogP contribution is -2.37. The van der Waals surface area contributed by atoms with Gasteiger partial charge in [-0.2, -0.15) is 0 Å². The van der Waals surface area contributed by atoms with Gasteiger partial charge in [-0.3, -0.25) is 4.79 Å². The number of nitrogen functional groups attached to an aromatic ring is 1. The van der Waals surface area contributed by atoms with E-state index >= 15 is 0 Å². The molecule has 0 spiro atoms. The Hall–Kier alpha value is -3.41. The van der Waals surface area contributed by atoms with Crippen LogP contribution in [0.2, 0.25) is 0 Å². The van der Waals surface area contributed by atoms with E-state index in [9.17, 15) is 4.79 Å². The van der Waals surface area contributed by atoms with Gasteiger partial charge in [0.1, 0.15) is 0 Å². The van der Waals surface area contributed by atoms with Crippen LogP contribution < -0.4 is 16.4 Å². The van der Waals surface area contributed by atoms with Gasteiger partial charge in [0.2, 0.25) is 5.95 Å². The maximum atomic E-state index is 12.6. The van der Waals surface area contributed by atoms with Gasteiger partial charge in [-0.05, 0) is 80.5 Å². The molecule has 0 aliphatic heterocycles. The summed E-state index contributed by atoms with van der Waals surface area (Å²) in [4.78, 5) is 21.5. The molecule has 4 rings (SSSR count). The van der Waals surface area contributed by atoms with Crippen LogP contribution in [0.3, 0.4) is 0 Å². The molecular formula is C25H29N5O. The smallest absolute Gasteiger partial charge is 0.251 e. The summed E-state index contributed by atoms with van der Waals surface area (Å²) in [7, 11) is 0. The molecule has 1 saturated carbocycles. The Labute approximate surface area is 183 Å². The van der Waals surface area contributed by atoms with Gasteiger partial charge in [0.25, 0.3) is 5.91 Å². The average Bonchev–Trinajstić information content (AvgIpc) is 2.78. The Balaban J connectivity index is 1.42. The predicted octanol–water partition coefficient (Wildman–Crippen LogP) is 5.09. The second-order valence-corrected chi connectivity index (χ2v) is 8.42. The van der Waals surface area contributed by atoms with Crippen LogP contribution in [-0.4, -0.2) is 21.9 Å². The van der Waals surface area contributed by atoms with Crippen molar-refractivity contribution in [3.05, 3.63) is 65.9 Å². The lowest BCUT2D eigenvalue weighted by atomic mass is 9.87. The summed E-state index contributed by atoms with van der Waals surface area (Å²) in [6, 6.07) is 15.4. The van der Waals surface area contributed by atoms with Gasteiger partial charge in [0.05, 0.1) is 5.69 Å². The van der Waals surface area contributed by atoms with Crippen molar-refractivity contribution >= 4 is 23.2 Å². The minimum Gasteiger partial charge on any atom is -0.398 e. The van der Waals surface area contributed by atoms with Crippen molar-refractivity contribution in [2.24, 2.45) is 5.92 Å². The number of anilines is 3.